The molecule has 22 heavy (non-hydrogen) atoms. The molecule has 3 rings (SSSR count). The van der Waals surface area contributed by atoms with Gasteiger partial charge in [0, 0.05) is 17.0 Å². The lowest BCUT2D eigenvalue weighted by molar-refractivity contribution is -0.122. The molecule has 1 aromatic carbocycles. The third-order valence-electron chi connectivity index (χ3n) is 4.50. The maximum atomic E-state index is 12.9. The highest BCUT2D eigenvalue weighted by atomic mass is 32.2. The molecule has 2 aliphatic rings. The van der Waals surface area contributed by atoms with Crippen LogP contribution in [0.4, 0.5) is 5.69 Å². The van der Waals surface area contributed by atoms with Crippen molar-refractivity contribution in [3.63, 3.8) is 0 Å². The van der Waals surface area contributed by atoms with Crippen molar-refractivity contribution in [3.05, 3.63) is 41.3 Å². The predicted octanol–water partition coefficient (Wildman–Crippen LogP) is 2.83. The minimum atomic E-state index is -3.19. The van der Waals surface area contributed by atoms with Crippen molar-refractivity contribution in [1.29, 1.82) is 0 Å². The molecule has 1 atom stereocenters. The first-order valence-corrected chi connectivity index (χ1v) is 9.48. The summed E-state index contributed by atoms with van der Waals surface area (Å²) in [7, 11) is -3.19. The fourth-order valence-electron chi connectivity index (χ4n) is 3.28. The summed E-state index contributed by atoms with van der Waals surface area (Å²) in [6.45, 7) is 1.99. The lowest BCUT2D eigenvalue weighted by atomic mass is 10.0. The number of aryl methyl sites for hydroxylation is 1. The molecule has 1 aliphatic carbocycles. The molecule has 1 heterocycles. The Balaban J connectivity index is 1.93. The van der Waals surface area contributed by atoms with Crippen molar-refractivity contribution < 1.29 is 13.2 Å². The summed E-state index contributed by atoms with van der Waals surface area (Å²) in [6, 6.07) is 7.33. The molecule has 4 nitrogen and oxygen atoms in total. The molecule has 0 unspecified atom stereocenters. The summed E-state index contributed by atoms with van der Waals surface area (Å²) >= 11 is 0. The third-order valence-corrected chi connectivity index (χ3v) is 5.87. The van der Waals surface area contributed by atoms with Crippen molar-refractivity contribution in [2.45, 2.75) is 38.6 Å². The van der Waals surface area contributed by atoms with Gasteiger partial charge in [0.05, 0.1) is 11.8 Å². The van der Waals surface area contributed by atoms with Gasteiger partial charge in [-0.05, 0) is 38.0 Å². The van der Waals surface area contributed by atoms with E-state index in [1.165, 1.54) is 5.41 Å². The topological polar surface area (TPSA) is 54.5 Å². The van der Waals surface area contributed by atoms with Gasteiger partial charge in [-0.3, -0.25) is 4.79 Å². The molecule has 118 valence electrons. The molecule has 1 aliphatic heterocycles. The summed E-state index contributed by atoms with van der Waals surface area (Å²) in [5.41, 5.74) is 1.90. The molecular formula is C17H21NO3S. The molecule has 0 aromatic heterocycles. The van der Waals surface area contributed by atoms with Gasteiger partial charge in [0.25, 0.3) is 0 Å². The number of nitrogens with zero attached hydrogens (tertiary/aromatic N) is 1. The summed E-state index contributed by atoms with van der Waals surface area (Å²) in [5, 5.41) is 1.24. The molecule has 0 N–H and O–H groups in total. The Morgan fingerprint density at radius 3 is 2.32 bits per heavy atom. The van der Waals surface area contributed by atoms with Crippen LogP contribution in [0.3, 0.4) is 0 Å². The number of anilines is 1. The largest absolute Gasteiger partial charge is 0.304 e. The molecule has 5 heteroatoms. The van der Waals surface area contributed by atoms with Gasteiger partial charge in [-0.2, -0.15) is 0 Å². The van der Waals surface area contributed by atoms with Crippen LogP contribution in [0.1, 0.15) is 31.2 Å². The van der Waals surface area contributed by atoms with E-state index < -0.39 is 9.84 Å². The first-order valence-electron chi connectivity index (χ1n) is 7.77. The molecular weight excluding hydrogens is 298 g/mol. The normalized spacial score (nSPS) is 23.8. The van der Waals surface area contributed by atoms with E-state index in [1.807, 2.05) is 31.2 Å². The lowest BCUT2D eigenvalue weighted by Gasteiger charge is -2.30. The van der Waals surface area contributed by atoms with Crippen molar-refractivity contribution in [2.24, 2.45) is 5.92 Å². The highest BCUT2D eigenvalue weighted by Crippen LogP contribution is 2.31. The van der Waals surface area contributed by atoms with Crippen LogP contribution < -0.4 is 4.90 Å². The zero-order chi connectivity index (χ0) is 15.7. The number of amides is 1. The van der Waals surface area contributed by atoms with Gasteiger partial charge in [0.1, 0.15) is 0 Å². The first-order chi connectivity index (χ1) is 10.5. The number of benzene rings is 1. The van der Waals surface area contributed by atoms with Crippen LogP contribution in [0.25, 0.3) is 0 Å². The number of hydrogen-bond acceptors (Lipinski definition) is 3. The summed E-state index contributed by atoms with van der Waals surface area (Å²) in [5.74, 6) is 0.0744. The van der Waals surface area contributed by atoms with Crippen LogP contribution >= 0.6 is 0 Å². The molecule has 1 saturated carbocycles. The van der Waals surface area contributed by atoms with Gasteiger partial charge in [-0.1, -0.05) is 30.5 Å². The summed E-state index contributed by atoms with van der Waals surface area (Å²) in [6.07, 6.45) is 5.62. The number of rotatable bonds is 3. The molecule has 0 saturated heterocycles. The minimum Gasteiger partial charge on any atom is -0.304 e. The Morgan fingerprint density at radius 2 is 1.77 bits per heavy atom. The monoisotopic (exact) mass is 319 g/mol. The summed E-state index contributed by atoms with van der Waals surface area (Å²) < 4.78 is 23.5. The molecule has 1 aromatic rings. The highest BCUT2D eigenvalue weighted by molar-refractivity contribution is 7.94. The van der Waals surface area contributed by atoms with E-state index >= 15 is 0 Å². The van der Waals surface area contributed by atoms with Crippen LogP contribution in [0.5, 0.6) is 0 Å². The van der Waals surface area contributed by atoms with Crippen molar-refractivity contribution in [3.8, 4) is 0 Å². The van der Waals surface area contributed by atoms with Crippen LogP contribution in [0.2, 0.25) is 0 Å². The van der Waals surface area contributed by atoms with E-state index in [-0.39, 0.29) is 23.6 Å². The maximum Gasteiger partial charge on any atom is 0.230 e. The van der Waals surface area contributed by atoms with Gasteiger partial charge in [-0.15, -0.1) is 0 Å². The second-order valence-electron chi connectivity index (χ2n) is 6.25. The second kappa shape index (κ2) is 5.88. The van der Waals surface area contributed by atoms with E-state index in [9.17, 15) is 13.2 Å². The second-order valence-corrected chi connectivity index (χ2v) is 8.18. The van der Waals surface area contributed by atoms with E-state index in [0.29, 0.717) is 0 Å². The van der Waals surface area contributed by atoms with E-state index in [2.05, 4.69) is 0 Å². The first kappa shape index (κ1) is 15.3. The Hall–Kier alpha value is -1.62. The molecule has 1 fully saturated rings. The van der Waals surface area contributed by atoms with Crippen LogP contribution in [-0.4, -0.2) is 26.1 Å². The van der Waals surface area contributed by atoms with Crippen molar-refractivity contribution in [2.75, 3.05) is 10.7 Å². The predicted molar refractivity (Wildman–Crippen MR) is 87.3 cm³/mol. The molecule has 0 radical (unpaired) electrons. The Morgan fingerprint density at radius 1 is 1.14 bits per heavy atom. The zero-order valence-corrected chi connectivity index (χ0v) is 13.6. The Bertz CT molecular complexity index is 685. The fourth-order valence-corrected chi connectivity index (χ4v) is 4.55. The highest BCUT2D eigenvalue weighted by Gasteiger charge is 2.35. The standard InChI is InChI=1S/C17H21NO3S/c1-13-6-8-15(9-7-13)18(16-10-11-22(20,21)12-16)17(19)14-4-2-3-5-14/h6-11,14,16H,2-5,12H2,1H3/t16-/m1/s1. The fraction of sp³-hybridized carbons (Fsp3) is 0.471. The van der Waals surface area contributed by atoms with Gasteiger partial charge in [-0.25, -0.2) is 8.42 Å². The summed E-state index contributed by atoms with van der Waals surface area (Å²) in [4.78, 5) is 14.6. The average Bonchev–Trinajstić information content (AvgIpc) is 3.11. The lowest BCUT2D eigenvalue weighted by Crippen LogP contribution is -2.44. The SMILES string of the molecule is Cc1ccc(N(C(=O)C2CCCC2)[C@@H]2C=CS(=O)(=O)C2)cc1. The van der Waals surface area contributed by atoms with Crippen LogP contribution in [0.15, 0.2) is 35.7 Å². The number of carbonyl (C=O) groups excluding carboxylic acids is 1. The maximum absolute atomic E-state index is 12.9. The molecule has 1 amide bonds. The number of hydrogen-bond donors (Lipinski definition) is 0. The van der Waals surface area contributed by atoms with E-state index in [4.69, 9.17) is 0 Å². The number of carbonyl (C=O) groups is 1. The van der Waals surface area contributed by atoms with E-state index in [1.54, 1.807) is 11.0 Å². The molecule has 0 bridgehead atoms. The van der Waals surface area contributed by atoms with Crippen LogP contribution in [0, 0.1) is 12.8 Å². The smallest absolute Gasteiger partial charge is 0.230 e. The minimum absolute atomic E-state index is 0.0145. The van der Waals surface area contributed by atoms with Gasteiger partial charge in [0.2, 0.25) is 5.91 Å². The van der Waals surface area contributed by atoms with Crippen molar-refractivity contribution in [1.82, 2.24) is 0 Å². The quantitative estimate of drug-likeness (QED) is 0.861. The van der Waals surface area contributed by atoms with Crippen molar-refractivity contribution >= 4 is 21.4 Å². The number of sulfone groups is 1. The molecule has 0 spiro atoms. The zero-order valence-electron chi connectivity index (χ0n) is 12.7. The third kappa shape index (κ3) is 3.09. The van der Waals surface area contributed by atoms with Crippen LogP contribution in [-0.2, 0) is 14.6 Å². The van der Waals surface area contributed by atoms with Gasteiger partial charge < -0.3 is 4.90 Å². The van der Waals surface area contributed by atoms with Gasteiger partial charge in [0.15, 0.2) is 9.84 Å². The Kier molecular flexibility index (Phi) is 4.08. The van der Waals surface area contributed by atoms with E-state index in [0.717, 1.165) is 36.9 Å². The van der Waals surface area contributed by atoms with Gasteiger partial charge >= 0.3 is 0 Å². The Labute approximate surface area is 131 Å². The average molecular weight is 319 g/mol.